The van der Waals surface area contributed by atoms with Crippen molar-refractivity contribution in [3.63, 3.8) is 0 Å². The summed E-state index contributed by atoms with van der Waals surface area (Å²) in [6, 6.07) is 7.05. The third-order valence-corrected chi connectivity index (χ3v) is 4.25. The molecule has 1 atom stereocenters. The van der Waals surface area contributed by atoms with Crippen LogP contribution in [0.3, 0.4) is 0 Å². The van der Waals surface area contributed by atoms with Crippen molar-refractivity contribution >= 4 is 21.8 Å². The van der Waals surface area contributed by atoms with E-state index in [1.54, 1.807) is 0 Å². The zero-order chi connectivity index (χ0) is 15.5. The highest BCUT2D eigenvalue weighted by Gasteiger charge is 2.23. The highest BCUT2D eigenvalue weighted by Crippen LogP contribution is 2.20. The molecule has 1 aromatic carbocycles. The number of carbonyl (C=O) groups excluding carboxylic acids is 1. The predicted octanol–water partition coefficient (Wildman–Crippen LogP) is 1.28. The average molecular weight is 365 g/mol. The SMILES string of the molecule is O=C(NC(CO)c1cccc(Br)c1)c1n[nH]c2c1CNCC2. The Morgan fingerprint density at radius 3 is 3.14 bits per heavy atom. The van der Waals surface area contributed by atoms with Gasteiger partial charge in [-0.25, -0.2) is 0 Å². The first kappa shape index (κ1) is 15.2. The Hall–Kier alpha value is -1.70. The Morgan fingerprint density at radius 2 is 2.36 bits per heavy atom. The smallest absolute Gasteiger partial charge is 0.272 e. The van der Waals surface area contributed by atoms with Crippen LogP contribution in [0.1, 0.15) is 33.4 Å². The number of rotatable bonds is 4. The molecule has 0 spiro atoms. The zero-order valence-corrected chi connectivity index (χ0v) is 13.5. The number of aliphatic hydroxyl groups excluding tert-OH is 1. The monoisotopic (exact) mass is 364 g/mol. The van der Waals surface area contributed by atoms with Gasteiger partial charge in [0.05, 0.1) is 12.6 Å². The summed E-state index contributed by atoms with van der Waals surface area (Å²) in [4.78, 5) is 12.5. The fraction of sp³-hybridized carbons (Fsp3) is 0.333. The van der Waals surface area contributed by atoms with E-state index in [1.165, 1.54) is 0 Å². The number of H-pyrrole nitrogens is 1. The molecule has 1 aliphatic rings. The third kappa shape index (κ3) is 3.06. The van der Waals surface area contributed by atoms with E-state index in [-0.39, 0.29) is 12.5 Å². The molecule has 1 amide bonds. The molecule has 1 aliphatic heterocycles. The van der Waals surface area contributed by atoms with Crippen LogP contribution in [0, 0.1) is 0 Å². The number of halogens is 1. The topological polar surface area (TPSA) is 90.0 Å². The van der Waals surface area contributed by atoms with E-state index in [2.05, 4.69) is 36.8 Å². The molecule has 6 nitrogen and oxygen atoms in total. The fourth-order valence-corrected chi connectivity index (χ4v) is 3.01. The van der Waals surface area contributed by atoms with Crippen LogP contribution in [-0.2, 0) is 13.0 Å². The van der Waals surface area contributed by atoms with Gasteiger partial charge in [-0.1, -0.05) is 28.1 Å². The lowest BCUT2D eigenvalue weighted by molar-refractivity contribution is 0.0910. The van der Waals surface area contributed by atoms with E-state index in [1.807, 2.05) is 24.3 Å². The molecule has 0 fully saturated rings. The number of nitrogens with zero attached hydrogens (tertiary/aromatic N) is 1. The number of carbonyl (C=O) groups is 1. The molecule has 22 heavy (non-hydrogen) atoms. The number of amides is 1. The van der Waals surface area contributed by atoms with E-state index in [4.69, 9.17) is 0 Å². The van der Waals surface area contributed by atoms with Gasteiger partial charge >= 0.3 is 0 Å². The number of hydrogen-bond acceptors (Lipinski definition) is 4. The molecule has 116 valence electrons. The second-order valence-corrected chi connectivity index (χ2v) is 6.14. The quantitative estimate of drug-likeness (QED) is 0.657. The highest BCUT2D eigenvalue weighted by molar-refractivity contribution is 9.10. The van der Waals surface area contributed by atoms with Gasteiger partial charge in [-0.15, -0.1) is 0 Å². The van der Waals surface area contributed by atoms with Crippen LogP contribution in [0.2, 0.25) is 0 Å². The maximum atomic E-state index is 12.5. The second kappa shape index (κ2) is 6.60. The van der Waals surface area contributed by atoms with Crippen LogP contribution >= 0.6 is 15.9 Å². The van der Waals surface area contributed by atoms with Gasteiger partial charge in [-0.2, -0.15) is 5.10 Å². The van der Waals surface area contributed by atoms with Crippen LogP contribution in [0.15, 0.2) is 28.7 Å². The lowest BCUT2D eigenvalue weighted by atomic mass is 10.1. The molecule has 7 heteroatoms. The molecule has 1 unspecified atom stereocenters. The van der Waals surface area contributed by atoms with Crippen LogP contribution in [0.5, 0.6) is 0 Å². The minimum atomic E-state index is -0.464. The lowest BCUT2D eigenvalue weighted by Gasteiger charge is -2.18. The van der Waals surface area contributed by atoms with E-state index in [0.29, 0.717) is 12.2 Å². The van der Waals surface area contributed by atoms with E-state index in [9.17, 15) is 9.90 Å². The van der Waals surface area contributed by atoms with Gasteiger partial charge in [0.15, 0.2) is 5.69 Å². The number of nitrogens with one attached hydrogen (secondary N) is 3. The number of benzene rings is 1. The van der Waals surface area contributed by atoms with Crippen LogP contribution in [0.4, 0.5) is 0 Å². The maximum absolute atomic E-state index is 12.5. The van der Waals surface area contributed by atoms with Crippen LogP contribution in [-0.4, -0.2) is 34.4 Å². The number of aromatic amines is 1. The molecule has 2 heterocycles. The van der Waals surface area contributed by atoms with Gasteiger partial charge in [0, 0.05) is 35.2 Å². The van der Waals surface area contributed by atoms with Gasteiger partial charge in [0.25, 0.3) is 5.91 Å². The minimum absolute atomic E-state index is 0.174. The molecule has 0 saturated heterocycles. The van der Waals surface area contributed by atoms with E-state index in [0.717, 1.165) is 34.3 Å². The van der Waals surface area contributed by atoms with Gasteiger partial charge in [-0.3, -0.25) is 9.89 Å². The molecule has 0 saturated carbocycles. The molecular formula is C15H17BrN4O2. The summed E-state index contributed by atoms with van der Waals surface area (Å²) >= 11 is 3.39. The van der Waals surface area contributed by atoms with Crippen molar-refractivity contribution in [1.29, 1.82) is 0 Å². The summed E-state index contributed by atoms with van der Waals surface area (Å²) in [6.07, 6.45) is 0.838. The molecule has 2 aromatic rings. The van der Waals surface area contributed by atoms with Crippen molar-refractivity contribution in [2.24, 2.45) is 0 Å². The Kier molecular flexibility index (Phi) is 4.56. The maximum Gasteiger partial charge on any atom is 0.272 e. The van der Waals surface area contributed by atoms with E-state index < -0.39 is 6.04 Å². The number of aromatic nitrogens is 2. The van der Waals surface area contributed by atoms with Crippen molar-refractivity contribution in [3.05, 3.63) is 51.3 Å². The zero-order valence-electron chi connectivity index (χ0n) is 11.9. The Morgan fingerprint density at radius 1 is 1.50 bits per heavy atom. The molecule has 3 rings (SSSR count). The van der Waals surface area contributed by atoms with Crippen molar-refractivity contribution in [1.82, 2.24) is 20.8 Å². The normalized spacial score (nSPS) is 15.2. The molecule has 4 N–H and O–H groups in total. The second-order valence-electron chi connectivity index (χ2n) is 5.22. The lowest BCUT2D eigenvalue weighted by Crippen LogP contribution is -2.33. The first-order valence-electron chi connectivity index (χ1n) is 7.13. The highest BCUT2D eigenvalue weighted by atomic mass is 79.9. The Balaban J connectivity index is 1.79. The van der Waals surface area contributed by atoms with Crippen LogP contribution in [0.25, 0.3) is 0 Å². The molecule has 0 bridgehead atoms. The molecule has 0 radical (unpaired) electrons. The summed E-state index contributed by atoms with van der Waals surface area (Å²) in [5.41, 5.74) is 3.16. The van der Waals surface area contributed by atoms with Crippen molar-refractivity contribution in [2.45, 2.75) is 19.0 Å². The number of aliphatic hydroxyl groups is 1. The first-order chi connectivity index (χ1) is 10.7. The van der Waals surface area contributed by atoms with Crippen molar-refractivity contribution in [2.75, 3.05) is 13.2 Å². The van der Waals surface area contributed by atoms with Gasteiger partial charge in [-0.05, 0) is 17.7 Å². The third-order valence-electron chi connectivity index (χ3n) is 3.76. The fourth-order valence-electron chi connectivity index (χ4n) is 2.60. The van der Waals surface area contributed by atoms with Gasteiger partial charge in [0.1, 0.15) is 0 Å². The molecular weight excluding hydrogens is 348 g/mol. The van der Waals surface area contributed by atoms with Crippen molar-refractivity contribution in [3.8, 4) is 0 Å². The summed E-state index contributed by atoms with van der Waals surface area (Å²) in [7, 11) is 0. The molecule has 1 aromatic heterocycles. The number of hydrogen-bond donors (Lipinski definition) is 4. The summed E-state index contributed by atoms with van der Waals surface area (Å²) in [6.45, 7) is 1.34. The average Bonchev–Trinajstić information content (AvgIpc) is 2.96. The van der Waals surface area contributed by atoms with Gasteiger partial charge in [0.2, 0.25) is 0 Å². The Labute approximate surface area is 136 Å². The van der Waals surface area contributed by atoms with Crippen molar-refractivity contribution < 1.29 is 9.90 Å². The summed E-state index contributed by atoms with van der Waals surface area (Å²) in [5.74, 6) is -0.278. The largest absolute Gasteiger partial charge is 0.394 e. The molecule has 0 aliphatic carbocycles. The minimum Gasteiger partial charge on any atom is -0.394 e. The summed E-state index contributed by atoms with van der Waals surface area (Å²) < 4.78 is 0.902. The van der Waals surface area contributed by atoms with Crippen LogP contribution < -0.4 is 10.6 Å². The summed E-state index contributed by atoms with van der Waals surface area (Å²) in [5, 5.41) is 22.7. The number of fused-ring (bicyclic) bond motifs is 1. The Bertz CT molecular complexity index is 686. The standard InChI is InChI=1S/C15H17BrN4O2/c16-10-3-1-2-9(6-10)13(8-21)18-15(22)14-11-7-17-5-4-12(11)19-20-14/h1-3,6,13,17,21H,4-5,7-8H2,(H,18,22)(H,19,20). The first-order valence-corrected chi connectivity index (χ1v) is 7.92. The van der Waals surface area contributed by atoms with E-state index >= 15 is 0 Å². The van der Waals surface area contributed by atoms with Gasteiger partial charge < -0.3 is 15.7 Å². The predicted molar refractivity (Wildman–Crippen MR) is 85.4 cm³/mol.